The first kappa shape index (κ1) is 15.6. The summed E-state index contributed by atoms with van der Waals surface area (Å²) in [5, 5.41) is 0. The highest BCUT2D eigenvalue weighted by molar-refractivity contribution is 7.82. The summed E-state index contributed by atoms with van der Waals surface area (Å²) in [5.74, 6) is 0. The van der Waals surface area contributed by atoms with Crippen molar-refractivity contribution >= 4 is 32.9 Å². The fourth-order valence-electron chi connectivity index (χ4n) is 1.50. The third-order valence-corrected chi connectivity index (χ3v) is 16.3. The van der Waals surface area contributed by atoms with Crippen molar-refractivity contribution in [2.24, 2.45) is 0 Å². The van der Waals surface area contributed by atoms with Crippen LogP contribution in [0.4, 0.5) is 0 Å². The molecule has 16 heavy (non-hydrogen) atoms. The molecule has 1 rings (SSSR count). The lowest BCUT2D eigenvalue weighted by Gasteiger charge is -2.50. The maximum absolute atomic E-state index is 2.58. The van der Waals surface area contributed by atoms with Crippen molar-refractivity contribution in [3.05, 3.63) is 0 Å². The predicted molar refractivity (Wildman–Crippen MR) is 82.4 cm³/mol. The summed E-state index contributed by atoms with van der Waals surface area (Å²) >= 11 is 0. The van der Waals surface area contributed by atoms with Crippen LogP contribution in [0.2, 0.25) is 0 Å². The van der Waals surface area contributed by atoms with Gasteiger partial charge in [-0.3, -0.25) is 0 Å². The summed E-state index contributed by atoms with van der Waals surface area (Å²) in [5.41, 5.74) is 0. The van der Waals surface area contributed by atoms with Crippen molar-refractivity contribution in [1.82, 2.24) is 17.8 Å². The van der Waals surface area contributed by atoms with Crippen LogP contribution in [0.5, 0.6) is 0 Å². The van der Waals surface area contributed by atoms with Gasteiger partial charge >= 0.3 is 0 Å². The smallest absolute Gasteiger partial charge is 0.0450 e. The number of hydrogen-bond donors (Lipinski definition) is 0. The minimum Gasteiger partial charge on any atom is -0.238 e. The second-order valence-corrected chi connectivity index (χ2v) is 13.9. The Balaban J connectivity index is 2.98. The van der Waals surface area contributed by atoms with Crippen molar-refractivity contribution in [3.8, 4) is 0 Å². The van der Waals surface area contributed by atoms with Crippen molar-refractivity contribution < 1.29 is 0 Å². The standard InChI is InChI=1S/C8H24N4P4/c1-9-13(5)10(2)15(7)12(4)16(8)11(3)14(9)6/h1-8H3. The summed E-state index contributed by atoms with van der Waals surface area (Å²) in [6.45, 7) is 9.49. The molecule has 0 bridgehead atoms. The van der Waals surface area contributed by atoms with E-state index < -0.39 is 0 Å². The van der Waals surface area contributed by atoms with Crippen LogP contribution in [0.1, 0.15) is 0 Å². The van der Waals surface area contributed by atoms with Gasteiger partial charge in [0.15, 0.2) is 0 Å². The van der Waals surface area contributed by atoms with Gasteiger partial charge in [0.05, 0.1) is 0 Å². The van der Waals surface area contributed by atoms with E-state index in [1.54, 1.807) is 0 Å². The molecule has 0 amide bonds. The molecule has 0 atom stereocenters. The fourth-order valence-corrected chi connectivity index (χ4v) is 12.6. The zero-order valence-electron chi connectivity index (χ0n) is 11.6. The zero-order chi connectivity index (χ0) is 12.6. The van der Waals surface area contributed by atoms with Gasteiger partial charge in [0.2, 0.25) is 0 Å². The molecule has 1 heterocycles. The summed E-state index contributed by atoms with van der Waals surface area (Å²) in [7, 11) is 8.49. The van der Waals surface area contributed by atoms with Gasteiger partial charge in [0.25, 0.3) is 0 Å². The molecular weight excluding hydrogens is 276 g/mol. The molecule has 0 aromatic heterocycles. The molecule has 96 valence electrons. The van der Waals surface area contributed by atoms with Gasteiger partial charge in [0, 0.05) is 32.9 Å². The Morgan fingerprint density at radius 1 is 0.438 bits per heavy atom. The molecule has 8 heteroatoms. The molecule has 0 radical (unpaired) electrons. The second-order valence-electron chi connectivity index (χ2n) is 3.92. The highest BCUT2D eigenvalue weighted by Gasteiger charge is 2.35. The van der Waals surface area contributed by atoms with Crippen LogP contribution in [-0.4, -0.2) is 72.6 Å². The minimum absolute atomic E-state index is 0.157. The predicted octanol–water partition coefficient (Wildman–Crippen LogP) is 3.49. The lowest BCUT2D eigenvalue weighted by atomic mass is 11.6. The van der Waals surface area contributed by atoms with Gasteiger partial charge in [-0.2, -0.15) is 0 Å². The average molecular weight is 300 g/mol. The van der Waals surface area contributed by atoms with Crippen LogP contribution in [0, 0.1) is 0 Å². The van der Waals surface area contributed by atoms with Crippen molar-refractivity contribution in [3.63, 3.8) is 0 Å². The summed E-state index contributed by atoms with van der Waals surface area (Å²) in [4.78, 5) is 0. The fraction of sp³-hybridized carbons (Fsp3) is 1.00. The molecule has 0 spiro atoms. The Morgan fingerprint density at radius 3 is 0.688 bits per heavy atom. The third-order valence-electron chi connectivity index (χ3n) is 3.35. The first-order valence-electron chi connectivity index (χ1n) is 5.18. The van der Waals surface area contributed by atoms with E-state index >= 15 is 0 Å². The van der Waals surface area contributed by atoms with Crippen LogP contribution < -0.4 is 0 Å². The van der Waals surface area contributed by atoms with E-state index in [9.17, 15) is 0 Å². The molecule has 1 aliphatic rings. The molecule has 1 saturated heterocycles. The molecule has 0 aromatic carbocycles. The Kier molecular flexibility index (Phi) is 5.99. The van der Waals surface area contributed by atoms with Gasteiger partial charge in [-0.05, 0) is 54.8 Å². The summed E-state index contributed by atoms with van der Waals surface area (Å²) in [6, 6.07) is 0. The van der Waals surface area contributed by atoms with Crippen molar-refractivity contribution in [1.29, 1.82) is 0 Å². The van der Waals surface area contributed by atoms with Gasteiger partial charge in [-0.25, -0.2) is 17.8 Å². The first-order valence-corrected chi connectivity index (χ1v) is 12.0. The van der Waals surface area contributed by atoms with Crippen LogP contribution >= 0.6 is 32.9 Å². The van der Waals surface area contributed by atoms with Crippen LogP contribution in [-0.2, 0) is 0 Å². The summed E-state index contributed by atoms with van der Waals surface area (Å²) in [6.07, 6.45) is 0. The Labute approximate surface area is 106 Å². The largest absolute Gasteiger partial charge is 0.238 e. The summed E-state index contributed by atoms with van der Waals surface area (Å²) < 4.78 is 10.3. The number of rotatable bonds is 0. The van der Waals surface area contributed by atoms with Crippen LogP contribution in [0.3, 0.4) is 0 Å². The van der Waals surface area contributed by atoms with Crippen LogP contribution in [0.25, 0.3) is 0 Å². The molecule has 0 unspecified atom stereocenters. The quantitative estimate of drug-likeness (QED) is 0.635. The molecule has 0 N–H and O–H groups in total. The first-order chi connectivity index (χ1) is 7.29. The zero-order valence-corrected chi connectivity index (χ0v) is 15.2. The molecule has 0 saturated carbocycles. The van der Waals surface area contributed by atoms with E-state index in [0.717, 1.165) is 0 Å². The average Bonchev–Trinajstić information content (AvgIpc) is 2.30. The molecule has 4 nitrogen and oxygen atoms in total. The van der Waals surface area contributed by atoms with E-state index in [0.29, 0.717) is 0 Å². The van der Waals surface area contributed by atoms with Gasteiger partial charge in [-0.15, -0.1) is 0 Å². The van der Waals surface area contributed by atoms with Crippen molar-refractivity contribution in [2.45, 2.75) is 0 Å². The molecule has 1 aliphatic heterocycles. The molecule has 0 aromatic rings. The number of nitrogens with zero attached hydrogens (tertiary/aromatic N) is 4. The third kappa shape index (κ3) is 2.93. The second kappa shape index (κ2) is 6.14. The maximum Gasteiger partial charge on any atom is 0.0450 e. The highest BCUT2D eigenvalue weighted by Crippen LogP contribution is 2.71. The van der Waals surface area contributed by atoms with E-state index in [4.69, 9.17) is 0 Å². The van der Waals surface area contributed by atoms with Gasteiger partial charge in [0.1, 0.15) is 0 Å². The van der Waals surface area contributed by atoms with Gasteiger partial charge < -0.3 is 0 Å². The molecular formula is C8H24N4P4. The SMILES string of the molecule is CN1P(C)N(C)P(C)N(C)P(C)N(C)P1C. The Morgan fingerprint density at radius 2 is 0.562 bits per heavy atom. The normalized spacial score (nSPS) is 42.0. The number of hydrogen-bond acceptors (Lipinski definition) is 4. The van der Waals surface area contributed by atoms with Gasteiger partial charge in [-0.1, -0.05) is 0 Å². The van der Waals surface area contributed by atoms with E-state index in [2.05, 4.69) is 72.6 Å². The van der Waals surface area contributed by atoms with Crippen molar-refractivity contribution in [2.75, 3.05) is 54.8 Å². The molecule has 0 aliphatic carbocycles. The Bertz CT molecular complexity index is 156. The van der Waals surface area contributed by atoms with Crippen LogP contribution in [0.15, 0.2) is 0 Å². The monoisotopic (exact) mass is 300 g/mol. The topological polar surface area (TPSA) is 13.0 Å². The lowest BCUT2D eigenvalue weighted by Crippen LogP contribution is -2.29. The molecule has 1 fully saturated rings. The maximum atomic E-state index is 2.58. The van der Waals surface area contributed by atoms with E-state index in [1.165, 1.54) is 0 Å². The van der Waals surface area contributed by atoms with E-state index in [-0.39, 0.29) is 32.9 Å². The minimum atomic E-state index is -0.157. The highest BCUT2D eigenvalue weighted by atomic mass is 31.3. The Hall–Kier alpha value is 1.56. The van der Waals surface area contributed by atoms with E-state index in [1.807, 2.05) is 0 Å². The lowest BCUT2D eigenvalue weighted by molar-refractivity contribution is 0.668.